The Labute approximate surface area is 171 Å². The number of nitrogens with one attached hydrogen (secondary N) is 1. The van der Waals surface area contributed by atoms with Gasteiger partial charge in [0.15, 0.2) is 0 Å². The minimum atomic E-state index is -3.65. The summed E-state index contributed by atoms with van der Waals surface area (Å²) < 4.78 is 31.1. The van der Waals surface area contributed by atoms with Gasteiger partial charge in [-0.05, 0) is 61.7 Å². The lowest BCUT2D eigenvalue weighted by Gasteiger charge is -2.24. The summed E-state index contributed by atoms with van der Waals surface area (Å²) in [5.74, 6) is 0.313. The summed E-state index contributed by atoms with van der Waals surface area (Å²) in [6, 6.07) is 10.8. The van der Waals surface area contributed by atoms with Crippen molar-refractivity contribution in [2.45, 2.75) is 20.8 Å². The minimum Gasteiger partial charge on any atom is -0.492 e. The molecule has 0 bridgehead atoms. The van der Waals surface area contributed by atoms with Crippen molar-refractivity contribution in [2.24, 2.45) is 0 Å². The molecule has 0 atom stereocenters. The molecule has 152 valence electrons. The van der Waals surface area contributed by atoms with Crippen molar-refractivity contribution in [1.82, 2.24) is 5.32 Å². The highest BCUT2D eigenvalue weighted by Crippen LogP contribution is 2.27. The van der Waals surface area contributed by atoms with E-state index >= 15 is 0 Å². The van der Waals surface area contributed by atoms with Gasteiger partial charge in [-0.2, -0.15) is 0 Å². The molecule has 0 radical (unpaired) electrons. The number of nitrogens with zero attached hydrogens (tertiary/aromatic N) is 1. The first-order valence-corrected chi connectivity index (χ1v) is 11.0. The van der Waals surface area contributed by atoms with Crippen molar-refractivity contribution in [3.63, 3.8) is 0 Å². The molecular formula is C20H25ClN2O4S. The van der Waals surface area contributed by atoms with Crippen LogP contribution in [-0.4, -0.2) is 40.3 Å². The van der Waals surface area contributed by atoms with Gasteiger partial charge in [-0.25, -0.2) is 8.42 Å². The van der Waals surface area contributed by atoms with E-state index in [2.05, 4.69) is 5.32 Å². The van der Waals surface area contributed by atoms with Crippen molar-refractivity contribution in [3.05, 3.63) is 58.1 Å². The van der Waals surface area contributed by atoms with E-state index in [0.29, 0.717) is 16.3 Å². The first kappa shape index (κ1) is 22.0. The van der Waals surface area contributed by atoms with Gasteiger partial charge in [0.25, 0.3) is 0 Å². The summed E-state index contributed by atoms with van der Waals surface area (Å²) in [4.78, 5) is 12.3. The van der Waals surface area contributed by atoms with E-state index in [-0.39, 0.29) is 19.7 Å². The fourth-order valence-corrected chi connectivity index (χ4v) is 3.89. The number of benzene rings is 2. The Kier molecular flexibility index (Phi) is 7.32. The maximum absolute atomic E-state index is 12.3. The highest BCUT2D eigenvalue weighted by Gasteiger charge is 2.22. The number of halogens is 1. The minimum absolute atomic E-state index is 0.262. The number of ether oxygens (including phenoxy) is 1. The summed E-state index contributed by atoms with van der Waals surface area (Å²) in [5, 5.41) is 3.12. The van der Waals surface area contributed by atoms with Crippen molar-refractivity contribution < 1.29 is 17.9 Å². The molecule has 0 aliphatic rings. The van der Waals surface area contributed by atoms with Gasteiger partial charge >= 0.3 is 0 Å². The van der Waals surface area contributed by atoms with Crippen LogP contribution in [-0.2, 0) is 14.8 Å². The number of amides is 1. The highest BCUT2D eigenvalue weighted by molar-refractivity contribution is 7.92. The summed E-state index contributed by atoms with van der Waals surface area (Å²) in [6.07, 6.45) is 1.06. The molecule has 2 rings (SSSR count). The van der Waals surface area contributed by atoms with Gasteiger partial charge in [-0.15, -0.1) is 0 Å². The zero-order valence-electron chi connectivity index (χ0n) is 16.5. The standard InChI is InChI=1S/C20H25ClN2O4S/c1-14-10-15(2)12-17(11-14)27-9-8-22-20(24)13-23(28(4,25)26)19-7-5-6-18(21)16(19)3/h5-7,10-12H,8-9,13H2,1-4H3,(H,22,24). The van der Waals surface area contributed by atoms with Crippen LogP contribution >= 0.6 is 11.6 Å². The molecule has 0 aliphatic heterocycles. The first-order valence-electron chi connectivity index (χ1n) is 8.78. The maximum atomic E-state index is 12.3. The fraction of sp³-hybridized carbons (Fsp3) is 0.350. The number of carbonyl (C=O) groups is 1. The lowest BCUT2D eigenvalue weighted by atomic mass is 10.1. The predicted octanol–water partition coefficient (Wildman–Crippen LogP) is 3.23. The van der Waals surface area contributed by atoms with Gasteiger partial charge < -0.3 is 10.1 Å². The highest BCUT2D eigenvalue weighted by atomic mass is 35.5. The Morgan fingerprint density at radius 1 is 1.14 bits per heavy atom. The van der Waals surface area contributed by atoms with E-state index < -0.39 is 15.9 Å². The van der Waals surface area contributed by atoms with Crippen LogP contribution in [0, 0.1) is 20.8 Å². The van der Waals surface area contributed by atoms with E-state index in [1.807, 2.05) is 32.0 Å². The third kappa shape index (κ3) is 6.14. The maximum Gasteiger partial charge on any atom is 0.240 e. The SMILES string of the molecule is Cc1cc(C)cc(OCCNC(=O)CN(c2cccc(Cl)c2C)S(C)(=O)=O)c1. The molecule has 0 spiro atoms. The Morgan fingerprint density at radius 2 is 1.79 bits per heavy atom. The molecule has 0 fully saturated rings. The lowest BCUT2D eigenvalue weighted by molar-refractivity contribution is -0.119. The average molecular weight is 425 g/mol. The number of hydrogen-bond acceptors (Lipinski definition) is 4. The van der Waals surface area contributed by atoms with Crippen LogP contribution in [0.3, 0.4) is 0 Å². The molecule has 1 N–H and O–H groups in total. The molecule has 0 aliphatic carbocycles. The van der Waals surface area contributed by atoms with Gasteiger partial charge in [-0.1, -0.05) is 23.7 Å². The topological polar surface area (TPSA) is 75.7 Å². The molecule has 8 heteroatoms. The zero-order chi connectivity index (χ0) is 20.9. The van der Waals surface area contributed by atoms with E-state index in [1.165, 1.54) is 0 Å². The second-order valence-electron chi connectivity index (χ2n) is 6.68. The van der Waals surface area contributed by atoms with Crippen LogP contribution in [0.5, 0.6) is 5.75 Å². The van der Waals surface area contributed by atoms with Crippen LogP contribution in [0.25, 0.3) is 0 Å². The number of anilines is 1. The second kappa shape index (κ2) is 9.30. The third-order valence-corrected chi connectivity index (χ3v) is 5.62. The van der Waals surface area contributed by atoms with Crippen molar-refractivity contribution in [2.75, 3.05) is 30.3 Å². The second-order valence-corrected chi connectivity index (χ2v) is 8.99. The van der Waals surface area contributed by atoms with Crippen LogP contribution in [0.1, 0.15) is 16.7 Å². The number of aryl methyl sites for hydroxylation is 2. The fourth-order valence-electron chi connectivity index (χ4n) is 2.81. The normalized spacial score (nSPS) is 11.2. The molecule has 0 heterocycles. The number of rotatable bonds is 8. The molecular weight excluding hydrogens is 400 g/mol. The Bertz CT molecular complexity index is 940. The molecule has 0 aromatic heterocycles. The van der Waals surface area contributed by atoms with Gasteiger partial charge in [0.05, 0.1) is 18.5 Å². The molecule has 0 unspecified atom stereocenters. The zero-order valence-corrected chi connectivity index (χ0v) is 18.0. The van der Waals surface area contributed by atoms with Gasteiger partial charge in [0.1, 0.15) is 18.9 Å². The molecule has 2 aromatic rings. The summed E-state index contributed by atoms with van der Waals surface area (Å²) >= 11 is 6.09. The van der Waals surface area contributed by atoms with Gasteiger partial charge in [0, 0.05) is 5.02 Å². The van der Waals surface area contributed by atoms with Crippen LogP contribution < -0.4 is 14.4 Å². The molecule has 28 heavy (non-hydrogen) atoms. The van der Waals surface area contributed by atoms with Crippen LogP contribution in [0.2, 0.25) is 5.02 Å². The van der Waals surface area contributed by atoms with Crippen LogP contribution in [0.4, 0.5) is 5.69 Å². The Hall–Kier alpha value is -2.25. The quantitative estimate of drug-likeness (QED) is 0.660. The third-order valence-electron chi connectivity index (χ3n) is 4.08. The Balaban J connectivity index is 1.96. The molecule has 2 aromatic carbocycles. The predicted molar refractivity (Wildman–Crippen MR) is 113 cm³/mol. The first-order chi connectivity index (χ1) is 13.1. The van der Waals surface area contributed by atoms with Gasteiger partial charge in [-0.3, -0.25) is 9.10 Å². The monoisotopic (exact) mass is 424 g/mol. The van der Waals surface area contributed by atoms with Crippen molar-refractivity contribution >= 4 is 33.2 Å². The number of hydrogen-bond donors (Lipinski definition) is 1. The molecule has 6 nitrogen and oxygen atoms in total. The molecule has 0 saturated heterocycles. The van der Waals surface area contributed by atoms with Crippen molar-refractivity contribution in [3.8, 4) is 5.75 Å². The summed E-state index contributed by atoms with van der Waals surface area (Å²) in [5.41, 5.74) is 3.18. The van der Waals surface area contributed by atoms with Crippen LogP contribution in [0.15, 0.2) is 36.4 Å². The summed E-state index contributed by atoms with van der Waals surface area (Å²) in [7, 11) is -3.65. The number of sulfonamides is 1. The lowest BCUT2D eigenvalue weighted by Crippen LogP contribution is -2.41. The largest absolute Gasteiger partial charge is 0.492 e. The van der Waals surface area contributed by atoms with E-state index in [4.69, 9.17) is 16.3 Å². The molecule has 1 amide bonds. The van der Waals surface area contributed by atoms with Gasteiger partial charge in [0.2, 0.25) is 15.9 Å². The van der Waals surface area contributed by atoms with E-state index in [0.717, 1.165) is 27.4 Å². The Morgan fingerprint density at radius 3 is 2.39 bits per heavy atom. The smallest absolute Gasteiger partial charge is 0.240 e. The van der Waals surface area contributed by atoms with Crippen molar-refractivity contribution in [1.29, 1.82) is 0 Å². The average Bonchev–Trinajstić information content (AvgIpc) is 2.58. The van der Waals surface area contributed by atoms with E-state index in [1.54, 1.807) is 25.1 Å². The number of carbonyl (C=O) groups excluding carboxylic acids is 1. The summed E-state index contributed by atoms with van der Waals surface area (Å²) in [6.45, 7) is 5.90. The van der Waals surface area contributed by atoms with E-state index in [9.17, 15) is 13.2 Å². The molecule has 0 saturated carbocycles.